The molecule has 20 heavy (non-hydrogen) atoms. The van der Waals surface area contributed by atoms with Gasteiger partial charge in [-0.05, 0) is 25.8 Å². The highest BCUT2D eigenvalue weighted by atomic mass is 16.5. The lowest BCUT2D eigenvalue weighted by Gasteiger charge is -2.29. The Bertz CT molecular complexity index is 482. The van der Waals surface area contributed by atoms with Crippen molar-refractivity contribution in [3.63, 3.8) is 0 Å². The summed E-state index contributed by atoms with van der Waals surface area (Å²) in [5, 5.41) is 0. The van der Waals surface area contributed by atoms with Crippen molar-refractivity contribution in [3.8, 4) is 5.75 Å². The molecule has 2 aliphatic rings. The Balaban J connectivity index is 1.77. The molecule has 0 N–H and O–H groups in total. The molecule has 0 spiro atoms. The van der Waals surface area contributed by atoms with Crippen molar-refractivity contribution in [1.29, 1.82) is 0 Å². The molecule has 108 valence electrons. The lowest BCUT2D eigenvalue weighted by atomic mass is 10.00. The lowest BCUT2D eigenvalue weighted by molar-refractivity contribution is -0.141. The quantitative estimate of drug-likeness (QED) is 0.789. The summed E-state index contributed by atoms with van der Waals surface area (Å²) in [7, 11) is 0. The van der Waals surface area contributed by atoms with Gasteiger partial charge in [-0.15, -0.1) is 0 Å². The first-order valence-electron chi connectivity index (χ1n) is 7.35. The number of ether oxygens (including phenoxy) is 2. The van der Waals surface area contributed by atoms with Gasteiger partial charge in [-0.2, -0.15) is 0 Å². The second-order valence-electron chi connectivity index (χ2n) is 5.67. The molecule has 2 aliphatic heterocycles. The Kier molecular flexibility index (Phi) is 3.92. The van der Waals surface area contributed by atoms with Crippen LogP contribution in [0, 0.1) is 5.92 Å². The van der Waals surface area contributed by atoms with Crippen molar-refractivity contribution in [2.24, 2.45) is 5.92 Å². The number of carbonyl (C=O) groups is 1. The monoisotopic (exact) mass is 275 g/mol. The molecular weight excluding hydrogens is 254 g/mol. The first kappa shape index (κ1) is 13.4. The highest BCUT2D eigenvalue weighted by Crippen LogP contribution is 2.26. The smallest absolute Gasteiger partial charge is 0.228 e. The molecule has 0 saturated carbocycles. The number of benzene rings is 1. The molecule has 4 heteroatoms. The van der Waals surface area contributed by atoms with Gasteiger partial charge in [0, 0.05) is 18.7 Å². The third-order valence-electron chi connectivity index (χ3n) is 3.96. The third kappa shape index (κ3) is 2.80. The zero-order chi connectivity index (χ0) is 13.9. The molecule has 0 unspecified atom stereocenters. The zero-order valence-corrected chi connectivity index (χ0v) is 11.9. The van der Waals surface area contributed by atoms with E-state index < -0.39 is 0 Å². The van der Waals surface area contributed by atoms with Crippen molar-refractivity contribution < 1.29 is 14.3 Å². The average Bonchev–Trinajstić information content (AvgIpc) is 2.65. The normalized spacial score (nSPS) is 26.4. The minimum Gasteiger partial charge on any atom is -0.489 e. The van der Waals surface area contributed by atoms with Gasteiger partial charge >= 0.3 is 0 Å². The van der Waals surface area contributed by atoms with Crippen molar-refractivity contribution in [2.45, 2.75) is 32.4 Å². The molecule has 0 aromatic heterocycles. The van der Waals surface area contributed by atoms with E-state index in [0.29, 0.717) is 19.7 Å². The van der Waals surface area contributed by atoms with Crippen LogP contribution in [0.1, 0.15) is 25.3 Å². The maximum Gasteiger partial charge on any atom is 0.228 e. The van der Waals surface area contributed by atoms with Crippen molar-refractivity contribution >= 4 is 5.91 Å². The molecule has 1 amide bonds. The van der Waals surface area contributed by atoms with Gasteiger partial charge in [-0.25, -0.2) is 0 Å². The van der Waals surface area contributed by atoms with Gasteiger partial charge in [0.2, 0.25) is 5.91 Å². The molecule has 4 nitrogen and oxygen atoms in total. The fourth-order valence-electron chi connectivity index (χ4n) is 2.95. The van der Waals surface area contributed by atoms with E-state index in [9.17, 15) is 4.79 Å². The van der Waals surface area contributed by atoms with Crippen LogP contribution in [-0.4, -0.2) is 36.7 Å². The predicted octanol–water partition coefficient (Wildman–Crippen LogP) is 2.22. The standard InChI is InChI=1S/C16H21NO3/c1-12-9-17(16(18)14-6-4-8-19-11-14)10-13-5-2-3-7-15(13)20-12/h2-3,5,7,12,14H,4,6,8-11H2,1H3/t12-,14+/m1/s1. The van der Waals surface area contributed by atoms with Crippen LogP contribution in [0.5, 0.6) is 5.75 Å². The van der Waals surface area contributed by atoms with Crippen LogP contribution >= 0.6 is 0 Å². The number of carbonyl (C=O) groups excluding carboxylic acids is 1. The fraction of sp³-hybridized carbons (Fsp3) is 0.562. The van der Waals surface area contributed by atoms with E-state index in [-0.39, 0.29) is 17.9 Å². The van der Waals surface area contributed by atoms with E-state index in [1.807, 2.05) is 36.1 Å². The molecule has 1 aromatic carbocycles. The van der Waals surface area contributed by atoms with Crippen LogP contribution < -0.4 is 4.74 Å². The number of hydrogen-bond donors (Lipinski definition) is 0. The van der Waals surface area contributed by atoms with Gasteiger partial charge in [0.15, 0.2) is 0 Å². The second-order valence-corrected chi connectivity index (χ2v) is 5.67. The minimum absolute atomic E-state index is 0.0150. The van der Waals surface area contributed by atoms with Gasteiger partial charge in [-0.1, -0.05) is 18.2 Å². The van der Waals surface area contributed by atoms with Gasteiger partial charge in [0.05, 0.1) is 19.1 Å². The molecule has 1 saturated heterocycles. The third-order valence-corrected chi connectivity index (χ3v) is 3.96. The summed E-state index contributed by atoms with van der Waals surface area (Å²) in [6.07, 6.45) is 1.94. The summed E-state index contributed by atoms with van der Waals surface area (Å²) in [5.74, 6) is 1.12. The first-order valence-corrected chi connectivity index (χ1v) is 7.35. The Morgan fingerprint density at radius 1 is 1.35 bits per heavy atom. The maximum atomic E-state index is 12.7. The number of hydrogen-bond acceptors (Lipinski definition) is 3. The van der Waals surface area contributed by atoms with E-state index >= 15 is 0 Å². The van der Waals surface area contributed by atoms with Gasteiger partial charge in [-0.3, -0.25) is 4.79 Å². The fourth-order valence-corrected chi connectivity index (χ4v) is 2.95. The second kappa shape index (κ2) is 5.83. The zero-order valence-electron chi connectivity index (χ0n) is 11.9. The maximum absolute atomic E-state index is 12.7. The van der Waals surface area contributed by atoms with Crippen molar-refractivity contribution in [1.82, 2.24) is 4.90 Å². The van der Waals surface area contributed by atoms with E-state index in [1.165, 1.54) is 0 Å². The minimum atomic E-state index is 0.0150. The highest BCUT2D eigenvalue weighted by molar-refractivity contribution is 5.79. The molecule has 2 atom stereocenters. The largest absolute Gasteiger partial charge is 0.489 e. The van der Waals surface area contributed by atoms with E-state index in [1.54, 1.807) is 0 Å². The van der Waals surface area contributed by atoms with Crippen LogP contribution in [0.2, 0.25) is 0 Å². The Labute approximate surface area is 119 Å². The summed E-state index contributed by atoms with van der Waals surface area (Å²) in [6.45, 7) is 4.64. The molecular formula is C16H21NO3. The van der Waals surface area contributed by atoms with Gasteiger partial charge < -0.3 is 14.4 Å². The topological polar surface area (TPSA) is 38.8 Å². The number of fused-ring (bicyclic) bond motifs is 1. The average molecular weight is 275 g/mol. The molecule has 3 rings (SSSR count). The highest BCUT2D eigenvalue weighted by Gasteiger charge is 2.30. The summed E-state index contributed by atoms with van der Waals surface area (Å²) < 4.78 is 11.3. The van der Waals surface area contributed by atoms with Crippen LogP contribution in [0.4, 0.5) is 0 Å². The Morgan fingerprint density at radius 3 is 3.00 bits per heavy atom. The van der Waals surface area contributed by atoms with E-state index in [4.69, 9.17) is 9.47 Å². The molecule has 2 heterocycles. The lowest BCUT2D eigenvalue weighted by Crippen LogP contribution is -2.42. The van der Waals surface area contributed by atoms with E-state index in [2.05, 4.69) is 0 Å². The van der Waals surface area contributed by atoms with Gasteiger partial charge in [0.1, 0.15) is 11.9 Å². The predicted molar refractivity (Wildman–Crippen MR) is 75.5 cm³/mol. The number of rotatable bonds is 1. The van der Waals surface area contributed by atoms with Crippen LogP contribution in [-0.2, 0) is 16.1 Å². The van der Waals surface area contributed by atoms with E-state index in [0.717, 1.165) is 30.8 Å². The summed E-state index contributed by atoms with van der Waals surface area (Å²) in [6, 6.07) is 7.97. The van der Waals surface area contributed by atoms with Crippen LogP contribution in [0.15, 0.2) is 24.3 Å². The molecule has 0 bridgehead atoms. The summed E-state index contributed by atoms with van der Waals surface area (Å²) >= 11 is 0. The Morgan fingerprint density at radius 2 is 2.20 bits per heavy atom. The molecule has 0 aliphatic carbocycles. The van der Waals surface area contributed by atoms with Crippen LogP contribution in [0.3, 0.4) is 0 Å². The summed E-state index contributed by atoms with van der Waals surface area (Å²) in [4.78, 5) is 14.6. The molecule has 1 fully saturated rings. The molecule has 1 aromatic rings. The van der Waals surface area contributed by atoms with Crippen molar-refractivity contribution in [2.75, 3.05) is 19.8 Å². The summed E-state index contributed by atoms with van der Waals surface area (Å²) in [5.41, 5.74) is 1.09. The van der Waals surface area contributed by atoms with Crippen molar-refractivity contribution in [3.05, 3.63) is 29.8 Å². The van der Waals surface area contributed by atoms with Gasteiger partial charge in [0.25, 0.3) is 0 Å². The number of amides is 1. The number of nitrogens with zero attached hydrogens (tertiary/aromatic N) is 1. The molecule has 0 radical (unpaired) electrons. The Hall–Kier alpha value is -1.55. The first-order chi connectivity index (χ1) is 9.74. The van der Waals surface area contributed by atoms with Crippen LogP contribution in [0.25, 0.3) is 0 Å². The SMILES string of the molecule is C[C@@H]1CN(C(=O)[C@H]2CCCOC2)Cc2ccccc2O1. The number of para-hydroxylation sites is 1.